The lowest BCUT2D eigenvalue weighted by molar-refractivity contribution is -0.128. The number of phenolic OH excluding ortho intramolecular Hbond substituents is 1. The topological polar surface area (TPSA) is 61.4 Å². The van der Waals surface area contributed by atoms with Crippen molar-refractivity contribution in [3.63, 3.8) is 0 Å². The van der Waals surface area contributed by atoms with E-state index in [1.807, 2.05) is 20.8 Å². The molecule has 3 N–H and O–H groups in total. The van der Waals surface area contributed by atoms with Gasteiger partial charge in [0.05, 0.1) is 5.41 Å². The van der Waals surface area contributed by atoms with E-state index in [1.54, 1.807) is 7.05 Å². The Bertz CT molecular complexity index is 461. The average Bonchev–Trinajstić information content (AvgIpc) is 2.37. The number of benzene rings is 1. The quantitative estimate of drug-likeness (QED) is 0.765. The lowest BCUT2D eigenvalue weighted by Gasteiger charge is -2.25. The normalized spacial score (nSPS) is 13.1. The number of carbonyl (C=O) groups is 1. The highest BCUT2D eigenvalue weighted by Crippen LogP contribution is 2.25. The number of halogens is 1. The first-order chi connectivity index (χ1) is 8.77. The summed E-state index contributed by atoms with van der Waals surface area (Å²) in [6.07, 6.45) is 0. The zero-order valence-corrected chi connectivity index (χ0v) is 11.7. The molecule has 0 bridgehead atoms. The summed E-state index contributed by atoms with van der Waals surface area (Å²) < 4.78 is 13.2. The number of phenols is 1. The van der Waals surface area contributed by atoms with Gasteiger partial charge in [-0.15, -0.1) is 0 Å². The molecule has 0 aromatic heterocycles. The Labute approximate surface area is 113 Å². The van der Waals surface area contributed by atoms with Crippen LogP contribution in [0.2, 0.25) is 0 Å². The van der Waals surface area contributed by atoms with Crippen molar-refractivity contribution in [2.24, 2.45) is 5.41 Å². The van der Waals surface area contributed by atoms with Crippen LogP contribution in [0.1, 0.15) is 32.4 Å². The van der Waals surface area contributed by atoms with Crippen molar-refractivity contribution in [2.75, 3.05) is 13.6 Å². The summed E-state index contributed by atoms with van der Waals surface area (Å²) in [5.41, 5.74) is -0.0981. The maximum Gasteiger partial charge on any atom is 0.226 e. The molecule has 0 saturated heterocycles. The number of nitrogens with one attached hydrogen (secondary N) is 2. The molecule has 19 heavy (non-hydrogen) atoms. The largest absolute Gasteiger partial charge is 0.508 e. The summed E-state index contributed by atoms with van der Waals surface area (Å²) >= 11 is 0. The molecule has 0 fully saturated rings. The molecular weight excluding hydrogens is 247 g/mol. The Balaban J connectivity index is 2.73. The van der Waals surface area contributed by atoms with Gasteiger partial charge in [-0.05, 0) is 39.0 Å². The number of aromatic hydroxyl groups is 1. The van der Waals surface area contributed by atoms with E-state index in [2.05, 4.69) is 10.6 Å². The van der Waals surface area contributed by atoms with E-state index in [-0.39, 0.29) is 17.7 Å². The summed E-state index contributed by atoms with van der Waals surface area (Å²) in [7, 11) is 1.59. The van der Waals surface area contributed by atoms with Crippen molar-refractivity contribution < 1.29 is 14.3 Å². The van der Waals surface area contributed by atoms with E-state index in [9.17, 15) is 14.3 Å². The minimum Gasteiger partial charge on any atom is -0.508 e. The Morgan fingerprint density at radius 3 is 2.68 bits per heavy atom. The molecule has 1 rings (SSSR count). The smallest absolute Gasteiger partial charge is 0.226 e. The van der Waals surface area contributed by atoms with E-state index in [0.29, 0.717) is 12.1 Å². The first-order valence-electron chi connectivity index (χ1n) is 6.22. The van der Waals surface area contributed by atoms with E-state index < -0.39 is 11.2 Å². The van der Waals surface area contributed by atoms with Gasteiger partial charge in [0.2, 0.25) is 5.91 Å². The molecule has 1 aromatic carbocycles. The van der Waals surface area contributed by atoms with Gasteiger partial charge in [-0.3, -0.25) is 4.79 Å². The number of carbonyl (C=O) groups excluding carboxylic acids is 1. The maximum atomic E-state index is 13.2. The highest BCUT2D eigenvalue weighted by molar-refractivity contribution is 5.81. The average molecular weight is 268 g/mol. The third-order valence-electron chi connectivity index (χ3n) is 3.15. The minimum atomic E-state index is -0.577. The summed E-state index contributed by atoms with van der Waals surface area (Å²) in [6, 6.07) is 3.58. The molecule has 0 spiro atoms. The van der Waals surface area contributed by atoms with Crippen LogP contribution in [0.4, 0.5) is 4.39 Å². The zero-order valence-electron chi connectivity index (χ0n) is 11.7. The van der Waals surface area contributed by atoms with Crippen LogP contribution in [0.25, 0.3) is 0 Å². The molecule has 1 atom stereocenters. The molecule has 0 aliphatic rings. The molecule has 1 aromatic rings. The number of hydrogen-bond acceptors (Lipinski definition) is 3. The van der Waals surface area contributed by atoms with Gasteiger partial charge < -0.3 is 15.7 Å². The lowest BCUT2D eigenvalue weighted by Crippen LogP contribution is -2.42. The highest BCUT2D eigenvalue weighted by Gasteiger charge is 2.27. The molecule has 106 valence electrons. The number of rotatable bonds is 5. The van der Waals surface area contributed by atoms with Crippen molar-refractivity contribution in [1.82, 2.24) is 10.6 Å². The van der Waals surface area contributed by atoms with Crippen molar-refractivity contribution >= 4 is 5.91 Å². The second kappa shape index (κ2) is 6.02. The Hall–Kier alpha value is -1.62. The Morgan fingerprint density at radius 1 is 1.47 bits per heavy atom. The molecule has 0 aliphatic carbocycles. The predicted octanol–water partition coefficient (Wildman–Crippen LogP) is 1.95. The van der Waals surface area contributed by atoms with Gasteiger partial charge in [0, 0.05) is 25.2 Å². The lowest BCUT2D eigenvalue weighted by atomic mass is 9.91. The van der Waals surface area contributed by atoms with Crippen molar-refractivity contribution in [3.05, 3.63) is 29.6 Å². The van der Waals surface area contributed by atoms with Crippen LogP contribution in [0, 0.1) is 11.2 Å². The zero-order chi connectivity index (χ0) is 14.6. The van der Waals surface area contributed by atoms with E-state index in [0.717, 1.165) is 0 Å². The molecule has 0 aliphatic heterocycles. The summed E-state index contributed by atoms with van der Waals surface area (Å²) in [5.74, 6) is -0.429. The van der Waals surface area contributed by atoms with Crippen LogP contribution in [0.3, 0.4) is 0 Å². The SMILES string of the molecule is CNC(=O)C(C)(C)CNC(C)c1cc(F)ccc1O. The van der Waals surface area contributed by atoms with E-state index >= 15 is 0 Å². The fraction of sp³-hybridized carbons (Fsp3) is 0.500. The van der Waals surface area contributed by atoms with Gasteiger partial charge in [0.1, 0.15) is 11.6 Å². The third-order valence-corrected chi connectivity index (χ3v) is 3.15. The van der Waals surface area contributed by atoms with Crippen LogP contribution in [-0.4, -0.2) is 24.6 Å². The van der Waals surface area contributed by atoms with Crippen LogP contribution >= 0.6 is 0 Å². The molecule has 5 heteroatoms. The minimum absolute atomic E-state index is 0.0409. The molecule has 0 heterocycles. The summed E-state index contributed by atoms with van der Waals surface area (Å²) in [5, 5.41) is 15.4. The molecule has 1 amide bonds. The Kier molecular flexibility index (Phi) is 4.89. The maximum absolute atomic E-state index is 13.2. The first-order valence-corrected chi connectivity index (χ1v) is 6.22. The van der Waals surface area contributed by atoms with Gasteiger partial charge in [0.15, 0.2) is 0 Å². The van der Waals surface area contributed by atoms with Gasteiger partial charge >= 0.3 is 0 Å². The molecule has 0 radical (unpaired) electrons. The third kappa shape index (κ3) is 3.92. The van der Waals surface area contributed by atoms with Crippen molar-refractivity contribution in [2.45, 2.75) is 26.8 Å². The Morgan fingerprint density at radius 2 is 2.11 bits per heavy atom. The summed E-state index contributed by atoms with van der Waals surface area (Å²) in [4.78, 5) is 11.6. The van der Waals surface area contributed by atoms with Crippen LogP contribution in [-0.2, 0) is 4.79 Å². The molecule has 4 nitrogen and oxygen atoms in total. The van der Waals surface area contributed by atoms with Gasteiger partial charge in [-0.1, -0.05) is 0 Å². The molecular formula is C14H21FN2O2. The molecule has 0 saturated carbocycles. The summed E-state index contributed by atoms with van der Waals surface area (Å²) in [6.45, 7) is 5.87. The number of hydrogen-bond donors (Lipinski definition) is 3. The van der Waals surface area contributed by atoms with Gasteiger partial charge in [0.25, 0.3) is 0 Å². The predicted molar refractivity (Wildman–Crippen MR) is 72.3 cm³/mol. The first kappa shape index (κ1) is 15.4. The fourth-order valence-electron chi connectivity index (χ4n) is 1.81. The number of amides is 1. The van der Waals surface area contributed by atoms with E-state index in [1.165, 1.54) is 18.2 Å². The van der Waals surface area contributed by atoms with Crippen molar-refractivity contribution in [1.29, 1.82) is 0 Å². The van der Waals surface area contributed by atoms with Crippen LogP contribution in [0.15, 0.2) is 18.2 Å². The standard InChI is InChI=1S/C14H21FN2O2/c1-9(11-7-10(15)5-6-12(11)18)17-8-14(2,3)13(19)16-4/h5-7,9,17-18H,8H2,1-4H3,(H,16,19). The monoisotopic (exact) mass is 268 g/mol. The van der Waals surface area contributed by atoms with Crippen LogP contribution < -0.4 is 10.6 Å². The van der Waals surface area contributed by atoms with Crippen LogP contribution in [0.5, 0.6) is 5.75 Å². The van der Waals surface area contributed by atoms with Gasteiger partial charge in [-0.2, -0.15) is 0 Å². The second-order valence-corrected chi connectivity index (χ2v) is 5.27. The van der Waals surface area contributed by atoms with E-state index in [4.69, 9.17) is 0 Å². The highest BCUT2D eigenvalue weighted by atomic mass is 19.1. The van der Waals surface area contributed by atoms with Crippen molar-refractivity contribution in [3.8, 4) is 5.75 Å². The molecule has 1 unspecified atom stereocenters. The fourth-order valence-corrected chi connectivity index (χ4v) is 1.81. The van der Waals surface area contributed by atoms with Gasteiger partial charge in [-0.25, -0.2) is 4.39 Å². The second-order valence-electron chi connectivity index (χ2n) is 5.27.